The van der Waals surface area contributed by atoms with Crippen LogP contribution in [0.5, 0.6) is 0 Å². The fourth-order valence-corrected chi connectivity index (χ4v) is 1.58. The smallest absolute Gasteiger partial charge is 0.311 e. The van der Waals surface area contributed by atoms with Crippen LogP contribution in [0, 0.1) is 0 Å². The van der Waals surface area contributed by atoms with Gasteiger partial charge < -0.3 is 5.11 Å². The minimum Gasteiger partial charge on any atom is -0.481 e. The maximum Gasteiger partial charge on any atom is 0.311 e. The van der Waals surface area contributed by atoms with Gasteiger partial charge in [-0.2, -0.15) is 5.10 Å². The molecule has 1 heterocycles. The van der Waals surface area contributed by atoms with E-state index in [1.165, 1.54) is 6.20 Å². The maximum atomic E-state index is 10.5. The van der Waals surface area contributed by atoms with Gasteiger partial charge in [0, 0.05) is 5.56 Å². The van der Waals surface area contributed by atoms with E-state index in [-0.39, 0.29) is 12.2 Å². The van der Waals surface area contributed by atoms with Gasteiger partial charge in [0.15, 0.2) is 5.82 Å². The molecule has 0 saturated carbocycles. The van der Waals surface area contributed by atoms with Gasteiger partial charge >= 0.3 is 5.97 Å². The summed E-state index contributed by atoms with van der Waals surface area (Å²) in [4.78, 5) is 14.7. The van der Waals surface area contributed by atoms with Crippen LogP contribution in [0.25, 0.3) is 11.3 Å². The van der Waals surface area contributed by atoms with Crippen molar-refractivity contribution in [3.05, 3.63) is 41.3 Å². The van der Waals surface area contributed by atoms with Crippen molar-refractivity contribution in [2.45, 2.75) is 6.42 Å². The number of halogens is 1. The zero-order valence-electron chi connectivity index (χ0n) is 8.67. The number of carbonyl (C=O) groups is 1. The molecule has 1 aromatic carbocycles. The van der Waals surface area contributed by atoms with Crippen LogP contribution >= 0.6 is 11.6 Å². The van der Waals surface area contributed by atoms with E-state index in [1.807, 2.05) is 6.07 Å². The summed E-state index contributed by atoms with van der Waals surface area (Å²) in [6.45, 7) is 0. The fraction of sp³-hybridized carbons (Fsp3) is 0.0909. The SMILES string of the molecule is O=C(O)Cc1nncc(-c2ccccc2Cl)n1. The molecule has 2 rings (SSSR count). The second-order valence-electron chi connectivity index (χ2n) is 3.31. The third-order valence-electron chi connectivity index (χ3n) is 2.06. The molecule has 0 aliphatic carbocycles. The number of aliphatic carboxylic acids is 1. The highest BCUT2D eigenvalue weighted by molar-refractivity contribution is 6.33. The standard InChI is InChI=1S/C11H8ClN3O2/c12-8-4-2-1-3-7(8)9-6-13-15-10(14-9)5-11(16)17/h1-4,6H,5H2,(H,16,17). The van der Waals surface area contributed by atoms with E-state index < -0.39 is 5.97 Å². The topological polar surface area (TPSA) is 76.0 Å². The minimum absolute atomic E-state index is 0.162. The lowest BCUT2D eigenvalue weighted by molar-refractivity contribution is -0.136. The Hall–Kier alpha value is -2.01. The first-order valence-corrected chi connectivity index (χ1v) is 5.20. The molecule has 0 unspecified atom stereocenters. The molecule has 0 atom stereocenters. The molecule has 0 aliphatic heterocycles. The highest BCUT2D eigenvalue weighted by Gasteiger charge is 2.09. The zero-order chi connectivity index (χ0) is 12.3. The van der Waals surface area contributed by atoms with Crippen molar-refractivity contribution in [2.24, 2.45) is 0 Å². The number of carboxylic acids is 1. The van der Waals surface area contributed by atoms with Gasteiger partial charge in [-0.25, -0.2) is 4.98 Å². The number of hydrogen-bond donors (Lipinski definition) is 1. The summed E-state index contributed by atoms with van der Waals surface area (Å²) in [5.74, 6) is -0.835. The average molecular weight is 250 g/mol. The Morgan fingerprint density at radius 1 is 1.35 bits per heavy atom. The van der Waals surface area contributed by atoms with Gasteiger partial charge in [-0.05, 0) is 6.07 Å². The van der Waals surface area contributed by atoms with Crippen LogP contribution in [0.3, 0.4) is 0 Å². The van der Waals surface area contributed by atoms with Crippen molar-refractivity contribution in [3.63, 3.8) is 0 Å². The molecule has 17 heavy (non-hydrogen) atoms. The van der Waals surface area contributed by atoms with Crippen LogP contribution in [-0.2, 0) is 11.2 Å². The van der Waals surface area contributed by atoms with Crippen molar-refractivity contribution in [1.82, 2.24) is 15.2 Å². The number of nitrogens with zero attached hydrogens (tertiary/aromatic N) is 3. The quantitative estimate of drug-likeness (QED) is 0.898. The van der Waals surface area contributed by atoms with Crippen molar-refractivity contribution in [3.8, 4) is 11.3 Å². The summed E-state index contributed by atoms with van der Waals surface area (Å²) < 4.78 is 0. The highest BCUT2D eigenvalue weighted by Crippen LogP contribution is 2.24. The summed E-state index contributed by atoms with van der Waals surface area (Å²) in [6.07, 6.45) is 1.19. The molecule has 0 aliphatic rings. The predicted molar refractivity (Wildman–Crippen MR) is 61.6 cm³/mol. The van der Waals surface area contributed by atoms with Crippen molar-refractivity contribution in [2.75, 3.05) is 0 Å². The van der Waals surface area contributed by atoms with Gasteiger partial charge in [-0.15, -0.1) is 5.10 Å². The Labute approximate surface area is 102 Å². The number of benzene rings is 1. The largest absolute Gasteiger partial charge is 0.481 e. The van der Waals surface area contributed by atoms with Crippen molar-refractivity contribution >= 4 is 17.6 Å². The van der Waals surface area contributed by atoms with Crippen LogP contribution in [0.15, 0.2) is 30.5 Å². The van der Waals surface area contributed by atoms with E-state index in [1.54, 1.807) is 18.2 Å². The van der Waals surface area contributed by atoms with Gasteiger partial charge in [0.05, 0.1) is 16.9 Å². The molecule has 0 spiro atoms. The summed E-state index contributed by atoms with van der Waals surface area (Å²) in [6, 6.07) is 7.14. The number of carboxylic acid groups (broad SMARTS) is 1. The molecule has 6 heteroatoms. The Kier molecular flexibility index (Phi) is 3.30. The second kappa shape index (κ2) is 4.88. The Morgan fingerprint density at radius 2 is 2.12 bits per heavy atom. The molecule has 0 radical (unpaired) electrons. The molecule has 0 saturated heterocycles. The third-order valence-corrected chi connectivity index (χ3v) is 2.39. The van der Waals surface area contributed by atoms with Crippen LogP contribution in [0.2, 0.25) is 5.02 Å². The maximum absolute atomic E-state index is 10.5. The zero-order valence-corrected chi connectivity index (χ0v) is 9.42. The lowest BCUT2D eigenvalue weighted by Gasteiger charge is -2.03. The van der Waals surface area contributed by atoms with E-state index in [4.69, 9.17) is 16.7 Å². The van der Waals surface area contributed by atoms with E-state index in [2.05, 4.69) is 15.2 Å². The van der Waals surface area contributed by atoms with E-state index in [0.29, 0.717) is 16.3 Å². The van der Waals surface area contributed by atoms with Crippen LogP contribution < -0.4 is 0 Å². The monoisotopic (exact) mass is 249 g/mol. The summed E-state index contributed by atoms with van der Waals surface area (Å²) >= 11 is 6.01. The highest BCUT2D eigenvalue weighted by atomic mass is 35.5. The molecule has 1 N–H and O–H groups in total. The Bertz CT molecular complexity index is 560. The van der Waals surface area contributed by atoms with Crippen LogP contribution in [0.4, 0.5) is 0 Å². The normalized spacial score (nSPS) is 10.2. The van der Waals surface area contributed by atoms with Gasteiger partial charge in [0.2, 0.25) is 0 Å². The van der Waals surface area contributed by atoms with Gasteiger partial charge in [0.1, 0.15) is 6.42 Å². The molecule has 5 nitrogen and oxygen atoms in total. The summed E-state index contributed by atoms with van der Waals surface area (Å²) in [7, 11) is 0. The third kappa shape index (κ3) is 2.76. The minimum atomic E-state index is -0.997. The Morgan fingerprint density at radius 3 is 2.82 bits per heavy atom. The van der Waals surface area contributed by atoms with E-state index in [9.17, 15) is 4.79 Å². The molecule has 0 fully saturated rings. The van der Waals surface area contributed by atoms with E-state index >= 15 is 0 Å². The predicted octanol–water partition coefficient (Wildman–Crippen LogP) is 1.82. The van der Waals surface area contributed by atoms with Crippen molar-refractivity contribution < 1.29 is 9.90 Å². The first-order chi connectivity index (χ1) is 8.16. The van der Waals surface area contributed by atoms with Gasteiger partial charge in [0.25, 0.3) is 0 Å². The molecule has 0 bridgehead atoms. The number of rotatable bonds is 3. The van der Waals surface area contributed by atoms with Gasteiger partial charge in [-0.3, -0.25) is 4.79 Å². The first-order valence-electron chi connectivity index (χ1n) is 4.82. The second-order valence-corrected chi connectivity index (χ2v) is 3.72. The lowest BCUT2D eigenvalue weighted by Crippen LogP contribution is -2.06. The molecular formula is C11H8ClN3O2. The van der Waals surface area contributed by atoms with Crippen LogP contribution in [0.1, 0.15) is 5.82 Å². The number of aromatic nitrogens is 3. The van der Waals surface area contributed by atoms with Gasteiger partial charge in [-0.1, -0.05) is 29.8 Å². The average Bonchev–Trinajstić information content (AvgIpc) is 2.29. The van der Waals surface area contributed by atoms with Crippen molar-refractivity contribution in [1.29, 1.82) is 0 Å². The van der Waals surface area contributed by atoms with E-state index in [0.717, 1.165) is 0 Å². The Balaban J connectivity index is 2.40. The molecule has 0 amide bonds. The first kappa shape index (κ1) is 11.5. The van der Waals surface area contributed by atoms with Crippen LogP contribution in [-0.4, -0.2) is 26.3 Å². The molecule has 86 valence electrons. The molecular weight excluding hydrogens is 242 g/mol. The number of hydrogen-bond acceptors (Lipinski definition) is 4. The summed E-state index contributed by atoms with van der Waals surface area (Å²) in [5, 5.41) is 16.6. The lowest BCUT2D eigenvalue weighted by atomic mass is 10.1. The molecule has 2 aromatic rings. The summed E-state index contributed by atoms with van der Waals surface area (Å²) in [5.41, 5.74) is 1.22. The fourth-order valence-electron chi connectivity index (χ4n) is 1.35. The molecule has 1 aromatic heterocycles.